The number of rotatable bonds is 6. The lowest BCUT2D eigenvalue weighted by Gasteiger charge is -2.38. The maximum atomic E-state index is 12.5. The zero-order valence-electron chi connectivity index (χ0n) is 18.1. The highest BCUT2D eigenvalue weighted by Gasteiger charge is 2.47. The molecule has 2 aliphatic heterocycles. The molecule has 18 heteroatoms. The molecule has 2 fully saturated rings. The monoisotopic (exact) mass is 510 g/mol. The molecule has 2 heterocycles. The van der Waals surface area contributed by atoms with E-state index in [-0.39, 0.29) is 11.4 Å². The average Bonchev–Trinajstić information content (AvgIpc) is 2.85. The lowest BCUT2D eigenvalue weighted by molar-refractivity contribution is -0.216. The van der Waals surface area contributed by atoms with Crippen molar-refractivity contribution in [3.8, 4) is 0 Å². The van der Waals surface area contributed by atoms with Gasteiger partial charge in [0.05, 0.1) is 0 Å². The summed E-state index contributed by atoms with van der Waals surface area (Å²) in [6.45, 7) is 0. The number of hydrogen-bond acceptors (Lipinski definition) is 12. The second-order valence-corrected chi connectivity index (χ2v) is 7.80. The van der Waals surface area contributed by atoms with Crippen molar-refractivity contribution in [2.45, 2.75) is 61.3 Å². The molecule has 3 rings (SSSR count). The van der Waals surface area contributed by atoms with Gasteiger partial charge in [0, 0.05) is 21.2 Å². The summed E-state index contributed by atoms with van der Waals surface area (Å²) in [5.41, 5.74) is 17.4. The Bertz CT molecular complexity index is 979. The maximum absolute atomic E-state index is 12.5. The van der Waals surface area contributed by atoms with Gasteiger partial charge in [0.25, 0.3) is 11.8 Å². The van der Waals surface area contributed by atoms with E-state index < -0.39 is 73.1 Å². The molecule has 2 saturated heterocycles. The molecule has 194 valence electrons. The van der Waals surface area contributed by atoms with Crippen LogP contribution in [0.15, 0.2) is 34.5 Å². The molecule has 0 aromatic heterocycles. The molecule has 36 heavy (non-hydrogen) atoms. The van der Waals surface area contributed by atoms with Gasteiger partial charge >= 0.3 is 0 Å². The molecule has 2 amide bonds. The molecule has 0 spiro atoms. The zero-order chi connectivity index (χ0) is 26.6. The molecular formula is C18H22N8O10. The Morgan fingerprint density at radius 2 is 1.00 bits per heavy atom. The van der Waals surface area contributed by atoms with Crippen LogP contribution in [0.2, 0.25) is 0 Å². The molecule has 1 aromatic rings. The van der Waals surface area contributed by atoms with Gasteiger partial charge < -0.3 is 50.7 Å². The highest BCUT2D eigenvalue weighted by atomic mass is 16.6. The highest BCUT2D eigenvalue weighted by Crippen LogP contribution is 2.25. The summed E-state index contributed by atoms with van der Waals surface area (Å²) in [5.74, 6) is -1.86. The lowest BCUT2D eigenvalue weighted by atomic mass is 9.97. The van der Waals surface area contributed by atoms with Crippen LogP contribution in [0.4, 0.5) is 11.4 Å². The summed E-state index contributed by atoms with van der Waals surface area (Å²) in [7, 11) is 0. The van der Waals surface area contributed by atoms with Crippen LogP contribution in [0.25, 0.3) is 20.9 Å². The van der Waals surface area contributed by atoms with E-state index in [1.807, 2.05) is 0 Å². The summed E-state index contributed by atoms with van der Waals surface area (Å²) in [5, 5.41) is 70.5. The van der Waals surface area contributed by atoms with Gasteiger partial charge in [-0.3, -0.25) is 9.59 Å². The Morgan fingerprint density at radius 1 is 0.667 bits per heavy atom. The number of nitrogens with one attached hydrogen (secondary N) is 2. The van der Waals surface area contributed by atoms with Gasteiger partial charge in [-0.15, -0.1) is 0 Å². The SMILES string of the molecule is [N-]=[N+]=N[C@H]1O[C@H](C(=O)Nc2ccc(NC(=O)[C@H]3O[C@H](N=[N+]=[N-])[C@H](O)[C@@H](O)[C@@H]3O)cc2)[C@@H](O)[C@H](O)[C@H]1O. The van der Waals surface area contributed by atoms with Gasteiger partial charge in [0.15, 0.2) is 24.7 Å². The summed E-state index contributed by atoms with van der Waals surface area (Å²) in [4.78, 5) is 29.9. The van der Waals surface area contributed by atoms with Crippen molar-refractivity contribution >= 4 is 23.2 Å². The molecule has 1 aromatic carbocycles. The van der Waals surface area contributed by atoms with E-state index in [0.717, 1.165) is 0 Å². The fraction of sp³-hybridized carbons (Fsp3) is 0.556. The van der Waals surface area contributed by atoms with E-state index in [0.29, 0.717) is 0 Å². The Balaban J connectivity index is 1.64. The Morgan fingerprint density at radius 3 is 1.31 bits per heavy atom. The second-order valence-electron chi connectivity index (χ2n) is 7.80. The minimum Gasteiger partial charge on any atom is -0.387 e. The number of nitrogens with zero attached hydrogens (tertiary/aromatic N) is 6. The summed E-state index contributed by atoms with van der Waals surface area (Å²) in [6.07, 6.45) is -17.4. The molecule has 0 saturated carbocycles. The molecule has 0 radical (unpaired) electrons. The second kappa shape index (κ2) is 11.5. The van der Waals surface area contributed by atoms with Crippen molar-refractivity contribution in [2.24, 2.45) is 10.2 Å². The summed E-state index contributed by atoms with van der Waals surface area (Å²) in [6, 6.07) is 5.33. The molecule has 0 aliphatic carbocycles. The van der Waals surface area contributed by atoms with Crippen LogP contribution in [0.1, 0.15) is 0 Å². The summed E-state index contributed by atoms with van der Waals surface area (Å²) >= 11 is 0. The van der Waals surface area contributed by atoms with Crippen molar-refractivity contribution in [1.29, 1.82) is 0 Å². The van der Waals surface area contributed by atoms with Crippen LogP contribution in [0, 0.1) is 0 Å². The lowest BCUT2D eigenvalue weighted by Crippen LogP contribution is -2.60. The number of carbonyl (C=O) groups is 2. The smallest absolute Gasteiger partial charge is 0.256 e. The number of benzene rings is 1. The number of amides is 2. The van der Waals surface area contributed by atoms with E-state index in [4.69, 9.17) is 20.5 Å². The van der Waals surface area contributed by atoms with Gasteiger partial charge in [-0.05, 0) is 35.3 Å². The van der Waals surface area contributed by atoms with Crippen molar-refractivity contribution in [1.82, 2.24) is 0 Å². The standard InChI is InChI=1S/C18H22N8O10/c19-25-23-17-11(31)7(27)9(29)13(35-17)15(33)21-5-1-2-6(4-3-5)22-16(34)14-10(30)8(28)12(32)18(36-14)24-26-20/h1-4,7-14,17-18,27-32H,(H,21,33)(H,22,34)/t7-,8-,9-,10-,11+,12+,13-,14-,17-,18-/m0/s1. The van der Waals surface area contributed by atoms with Gasteiger partial charge in [-0.25, -0.2) is 0 Å². The first kappa shape index (κ1) is 27.1. The molecule has 0 bridgehead atoms. The maximum Gasteiger partial charge on any atom is 0.256 e. The van der Waals surface area contributed by atoms with E-state index in [1.54, 1.807) is 0 Å². The Hall–Kier alpha value is -3.54. The molecule has 8 N–H and O–H groups in total. The van der Waals surface area contributed by atoms with Crippen molar-refractivity contribution < 1.29 is 49.7 Å². The number of aliphatic hydroxyl groups excluding tert-OH is 6. The van der Waals surface area contributed by atoms with E-state index in [2.05, 4.69) is 30.7 Å². The number of ether oxygens (including phenoxy) is 2. The van der Waals surface area contributed by atoms with Crippen molar-refractivity contribution in [3.05, 3.63) is 45.2 Å². The van der Waals surface area contributed by atoms with E-state index in [9.17, 15) is 40.2 Å². The number of anilines is 2. The number of aliphatic hydroxyl groups is 6. The third kappa shape index (κ3) is 5.64. The molecule has 10 atom stereocenters. The van der Waals surface area contributed by atoms with E-state index >= 15 is 0 Å². The first-order chi connectivity index (χ1) is 17.1. The molecule has 0 unspecified atom stereocenters. The van der Waals surface area contributed by atoms with Gasteiger partial charge in [-0.1, -0.05) is 10.2 Å². The van der Waals surface area contributed by atoms with E-state index in [1.165, 1.54) is 24.3 Å². The van der Waals surface area contributed by atoms with Crippen molar-refractivity contribution in [2.75, 3.05) is 10.6 Å². The first-order valence-corrected chi connectivity index (χ1v) is 10.3. The highest BCUT2D eigenvalue weighted by molar-refractivity contribution is 5.96. The number of azide groups is 2. The third-order valence-corrected chi connectivity index (χ3v) is 5.44. The number of hydrogen-bond donors (Lipinski definition) is 8. The predicted molar refractivity (Wildman–Crippen MR) is 115 cm³/mol. The number of carbonyl (C=O) groups excluding carboxylic acids is 2. The molecule has 2 aliphatic rings. The minimum absolute atomic E-state index is 0.158. The van der Waals surface area contributed by atoms with Gasteiger partial charge in [-0.2, -0.15) is 0 Å². The van der Waals surface area contributed by atoms with Crippen LogP contribution < -0.4 is 10.6 Å². The Kier molecular flexibility index (Phi) is 8.62. The minimum atomic E-state index is -1.83. The van der Waals surface area contributed by atoms with Crippen molar-refractivity contribution in [3.63, 3.8) is 0 Å². The van der Waals surface area contributed by atoms with Crippen LogP contribution in [-0.4, -0.2) is 104 Å². The molecular weight excluding hydrogens is 488 g/mol. The largest absolute Gasteiger partial charge is 0.387 e. The fourth-order valence-corrected chi connectivity index (χ4v) is 3.51. The first-order valence-electron chi connectivity index (χ1n) is 10.3. The zero-order valence-corrected chi connectivity index (χ0v) is 18.1. The van der Waals surface area contributed by atoms with Gasteiger partial charge in [0.2, 0.25) is 0 Å². The van der Waals surface area contributed by atoms with Crippen LogP contribution >= 0.6 is 0 Å². The van der Waals surface area contributed by atoms with Crippen LogP contribution in [0.5, 0.6) is 0 Å². The normalized spacial score (nSPS) is 36.1. The fourth-order valence-electron chi connectivity index (χ4n) is 3.51. The Labute approximate surface area is 200 Å². The average molecular weight is 510 g/mol. The van der Waals surface area contributed by atoms with Gasteiger partial charge in [0.1, 0.15) is 36.6 Å². The van der Waals surface area contributed by atoms with Crippen LogP contribution in [0.3, 0.4) is 0 Å². The summed E-state index contributed by atoms with van der Waals surface area (Å²) < 4.78 is 10.2. The quantitative estimate of drug-likeness (QED) is 0.116. The van der Waals surface area contributed by atoms with Crippen LogP contribution in [-0.2, 0) is 19.1 Å². The topological polar surface area (TPSA) is 296 Å². The molecule has 18 nitrogen and oxygen atoms in total. The predicted octanol–water partition coefficient (Wildman–Crippen LogP) is -2.20. The third-order valence-electron chi connectivity index (χ3n) is 5.44.